The highest BCUT2D eigenvalue weighted by atomic mass is 16.5. The van der Waals surface area contributed by atoms with Crippen molar-refractivity contribution in [2.24, 2.45) is 4.99 Å². The third kappa shape index (κ3) is 2.38. The molecule has 1 aromatic rings. The number of rotatable bonds is 3. The average Bonchev–Trinajstić information content (AvgIpc) is 2.87. The Morgan fingerprint density at radius 3 is 2.65 bits per heavy atom. The van der Waals surface area contributed by atoms with Crippen molar-refractivity contribution in [1.29, 1.82) is 0 Å². The van der Waals surface area contributed by atoms with Gasteiger partial charge < -0.3 is 14.2 Å². The third-order valence-electron chi connectivity index (χ3n) is 2.46. The zero-order chi connectivity index (χ0) is 12.3. The lowest BCUT2D eigenvalue weighted by molar-refractivity contribution is -0.142. The van der Waals surface area contributed by atoms with Crippen molar-refractivity contribution in [3.05, 3.63) is 29.8 Å². The maximum Gasteiger partial charge on any atom is 0.334 e. The van der Waals surface area contributed by atoms with Gasteiger partial charge in [-0.25, -0.2) is 9.79 Å². The molecule has 0 N–H and O–H groups in total. The molecule has 0 saturated carbocycles. The first-order valence-electron chi connectivity index (χ1n) is 5.17. The standard InChI is InChI=1S/C12H13NO4/c1-15-9-5-3-8(4-6-9)11-13-10(7-17-11)12(14)16-2/h3-6,10H,7H2,1-2H3/t10-/m1/s1. The molecule has 1 heterocycles. The molecule has 0 fully saturated rings. The van der Waals surface area contributed by atoms with E-state index >= 15 is 0 Å². The van der Waals surface area contributed by atoms with Crippen molar-refractivity contribution in [3.63, 3.8) is 0 Å². The Bertz CT molecular complexity index is 438. The monoisotopic (exact) mass is 235 g/mol. The second kappa shape index (κ2) is 4.86. The summed E-state index contributed by atoms with van der Waals surface area (Å²) in [5.41, 5.74) is 0.817. The molecule has 1 atom stereocenters. The van der Waals surface area contributed by atoms with Crippen LogP contribution in [0.2, 0.25) is 0 Å². The largest absolute Gasteiger partial charge is 0.497 e. The molecule has 2 rings (SSSR count). The summed E-state index contributed by atoms with van der Waals surface area (Å²) in [4.78, 5) is 15.4. The van der Waals surface area contributed by atoms with Crippen molar-refractivity contribution in [2.75, 3.05) is 20.8 Å². The van der Waals surface area contributed by atoms with Gasteiger partial charge >= 0.3 is 5.97 Å². The number of hydrogen-bond acceptors (Lipinski definition) is 5. The number of esters is 1. The Morgan fingerprint density at radius 1 is 1.35 bits per heavy atom. The molecule has 90 valence electrons. The van der Waals surface area contributed by atoms with E-state index in [-0.39, 0.29) is 12.6 Å². The molecule has 0 saturated heterocycles. The van der Waals surface area contributed by atoms with Crippen LogP contribution < -0.4 is 4.74 Å². The van der Waals surface area contributed by atoms with Gasteiger partial charge in [-0.15, -0.1) is 0 Å². The summed E-state index contributed by atoms with van der Waals surface area (Å²) in [6.07, 6.45) is 0. The number of aliphatic imine (C=N–C) groups is 1. The minimum Gasteiger partial charge on any atom is -0.497 e. The average molecular weight is 235 g/mol. The number of ether oxygens (including phenoxy) is 3. The number of carbonyl (C=O) groups excluding carboxylic acids is 1. The Morgan fingerprint density at radius 2 is 2.06 bits per heavy atom. The van der Waals surface area contributed by atoms with Crippen LogP contribution in [0.5, 0.6) is 5.75 Å². The van der Waals surface area contributed by atoms with Crippen LogP contribution in [0.25, 0.3) is 0 Å². The van der Waals surface area contributed by atoms with E-state index in [0.29, 0.717) is 5.90 Å². The molecule has 1 aromatic carbocycles. The third-order valence-corrected chi connectivity index (χ3v) is 2.46. The molecule has 0 unspecified atom stereocenters. The van der Waals surface area contributed by atoms with Crippen molar-refractivity contribution >= 4 is 11.9 Å². The molecule has 5 heteroatoms. The molecule has 5 nitrogen and oxygen atoms in total. The van der Waals surface area contributed by atoms with E-state index < -0.39 is 6.04 Å². The van der Waals surface area contributed by atoms with Gasteiger partial charge in [-0.2, -0.15) is 0 Å². The normalized spacial score (nSPS) is 18.2. The van der Waals surface area contributed by atoms with Crippen LogP contribution in [0.3, 0.4) is 0 Å². The van der Waals surface area contributed by atoms with Gasteiger partial charge in [0.2, 0.25) is 5.90 Å². The van der Waals surface area contributed by atoms with E-state index in [1.165, 1.54) is 7.11 Å². The Kier molecular flexibility index (Phi) is 3.27. The summed E-state index contributed by atoms with van der Waals surface area (Å²) >= 11 is 0. The van der Waals surface area contributed by atoms with Crippen molar-refractivity contribution in [2.45, 2.75) is 6.04 Å². The molecule has 0 aliphatic carbocycles. The second-order valence-electron chi connectivity index (χ2n) is 3.51. The molecule has 1 aliphatic heterocycles. The summed E-state index contributed by atoms with van der Waals surface area (Å²) in [5.74, 6) is 0.841. The zero-order valence-corrected chi connectivity index (χ0v) is 9.67. The van der Waals surface area contributed by atoms with E-state index in [2.05, 4.69) is 9.73 Å². The number of carbonyl (C=O) groups is 1. The topological polar surface area (TPSA) is 57.1 Å². The maximum absolute atomic E-state index is 11.3. The molecule has 0 bridgehead atoms. The summed E-state index contributed by atoms with van der Waals surface area (Å²) < 4.78 is 15.0. The highest BCUT2D eigenvalue weighted by molar-refractivity contribution is 5.97. The van der Waals surface area contributed by atoms with Crippen LogP contribution in [0, 0.1) is 0 Å². The van der Waals surface area contributed by atoms with Crippen LogP contribution in [0.15, 0.2) is 29.3 Å². The van der Waals surface area contributed by atoms with Gasteiger partial charge in [-0.1, -0.05) is 0 Å². The van der Waals surface area contributed by atoms with Crippen LogP contribution in [-0.4, -0.2) is 38.7 Å². The van der Waals surface area contributed by atoms with Gasteiger partial charge in [0.1, 0.15) is 12.4 Å². The number of benzene rings is 1. The van der Waals surface area contributed by atoms with Gasteiger partial charge in [-0.3, -0.25) is 0 Å². The number of hydrogen-bond donors (Lipinski definition) is 0. The molecular formula is C12H13NO4. The lowest BCUT2D eigenvalue weighted by Crippen LogP contribution is -2.21. The van der Waals surface area contributed by atoms with E-state index in [4.69, 9.17) is 9.47 Å². The maximum atomic E-state index is 11.3. The Hall–Kier alpha value is -2.04. The minimum atomic E-state index is -0.558. The molecule has 0 spiro atoms. The van der Waals surface area contributed by atoms with Crippen LogP contribution >= 0.6 is 0 Å². The second-order valence-corrected chi connectivity index (χ2v) is 3.51. The van der Waals surface area contributed by atoms with E-state index in [0.717, 1.165) is 11.3 Å². The Labute approximate surface area is 99.0 Å². The van der Waals surface area contributed by atoms with E-state index in [1.807, 2.05) is 24.3 Å². The van der Waals surface area contributed by atoms with Crippen molar-refractivity contribution < 1.29 is 19.0 Å². The summed E-state index contributed by atoms with van der Waals surface area (Å²) in [5, 5.41) is 0. The highest BCUT2D eigenvalue weighted by Gasteiger charge is 2.27. The lowest BCUT2D eigenvalue weighted by atomic mass is 10.2. The fraction of sp³-hybridized carbons (Fsp3) is 0.333. The fourth-order valence-electron chi connectivity index (χ4n) is 1.52. The zero-order valence-electron chi connectivity index (χ0n) is 9.67. The van der Waals surface area contributed by atoms with E-state index in [9.17, 15) is 4.79 Å². The molecule has 0 amide bonds. The SMILES string of the molecule is COC(=O)[C@H]1COC(c2ccc(OC)cc2)=N1. The van der Waals surface area contributed by atoms with Crippen LogP contribution in [0.1, 0.15) is 5.56 Å². The summed E-state index contributed by atoms with van der Waals surface area (Å²) in [6.45, 7) is 0.230. The molecule has 0 aromatic heterocycles. The van der Waals surface area contributed by atoms with Crippen LogP contribution in [-0.2, 0) is 14.3 Å². The molecule has 17 heavy (non-hydrogen) atoms. The highest BCUT2D eigenvalue weighted by Crippen LogP contribution is 2.16. The van der Waals surface area contributed by atoms with Gasteiger partial charge in [0.05, 0.1) is 14.2 Å². The first-order chi connectivity index (χ1) is 8.24. The number of nitrogens with zero attached hydrogens (tertiary/aromatic N) is 1. The first kappa shape index (κ1) is 11.4. The van der Waals surface area contributed by atoms with Crippen molar-refractivity contribution in [3.8, 4) is 5.75 Å². The van der Waals surface area contributed by atoms with Gasteiger partial charge in [0, 0.05) is 5.56 Å². The van der Waals surface area contributed by atoms with Gasteiger partial charge in [0.15, 0.2) is 6.04 Å². The molecular weight excluding hydrogens is 222 g/mol. The quantitative estimate of drug-likeness (QED) is 0.734. The van der Waals surface area contributed by atoms with Crippen molar-refractivity contribution in [1.82, 2.24) is 0 Å². The fourth-order valence-corrected chi connectivity index (χ4v) is 1.52. The molecule has 0 radical (unpaired) electrons. The smallest absolute Gasteiger partial charge is 0.334 e. The van der Waals surface area contributed by atoms with Gasteiger partial charge in [-0.05, 0) is 24.3 Å². The summed E-state index contributed by atoms with van der Waals surface area (Å²) in [6, 6.07) is 6.73. The van der Waals surface area contributed by atoms with Crippen LogP contribution in [0.4, 0.5) is 0 Å². The first-order valence-corrected chi connectivity index (χ1v) is 5.17. The lowest BCUT2D eigenvalue weighted by Gasteiger charge is -2.02. The predicted molar refractivity (Wildman–Crippen MR) is 61.3 cm³/mol. The summed E-state index contributed by atoms with van der Waals surface area (Å²) in [7, 11) is 2.94. The molecule has 1 aliphatic rings. The predicted octanol–water partition coefficient (Wildman–Crippen LogP) is 1.01. The minimum absolute atomic E-state index is 0.230. The van der Waals surface area contributed by atoms with E-state index in [1.54, 1.807) is 7.11 Å². The number of methoxy groups -OCH3 is 2. The Balaban J connectivity index is 2.15. The van der Waals surface area contributed by atoms with Gasteiger partial charge in [0.25, 0.3) is 0 Å².